The fourth-order valence-corrected chi connectivity index (χ4v) is 2.53. The van der Waals surface area contributed by atoms with Gasteiger partial charge < -0.3 is 5.32 Å². The van der Waals surface area contributed by atoms with E-state index in [0.29, 0.717) is 12.0 Å². The summed E-state index contributed by atoms with van der Waals surface area (Å²) < 4.78 is 37.8. The molecule has 0 spiro atoms. The van der Waals surface area contributed by atoms with Crippen molar-refractivity contribution in [1.29, 1.82) is 0 Å². The zero-order valence-electron chi connectivity index (χ0n) is 11.6. The van der Waals surface area contributed by atoms with E-state index in [1.54, 1.807) is 0 Å². The first-order valence-electron chi connectivity index (χ1n) is 6.89. The minimum absolute atomic E-state index is 0.00858. The van der Waals surface area contributed by atoms with Gasteiger partial charge in [-0.2, -0.15) is 13.2 Å². The summed E-state index contributed by atoms with van der Waals surface area (Å²) in [6.45, 7) is 1.89. The average molecular weight is 302 g/mol. The minimum atomic E-state index is -4.58. The maximum Gasteiger partial charge on any atom is 0.416 e. The zero-order valence-corrected chi connectivity index (χ0v) is 11.6. The van der Waals surface area contributed by atoms with Crippen LogP contribution in [-0.4, -0.2) is 11.0 Å². The van der Waals surface area contributed by atoms with Crippen molar-refractivity contribution in [3.63, 3.8) is 0 Å². The number of rotatable bonds is 5. The summed E-state index contributed by atoms with van der Waals surface area (Å²) >= 11 is 0. The van der Waals surface area contributed by atoms with E-state index < -0.39 is 22.4 Å². The van der Waals surface area contributed by atoms with Crippen LogP contribution in [-0.2, 0) is 6.18 Å². The van der Waals surface area contributed by atoms with Gasteiger partial charge in [-0.3, -0.25) is 10.1 Å². The first-order chi connectivity index (χ1) is 9.77. The molecule has 1 unspecified atom stereocenters. The second-order valence-corrected chi connectivity index (χ2v) is 5.56. The highest BCUT2D eigenvalue weighted by molar-refractivity contribution is 5.63. The van der Waals surface area contributed by atoms with Gasteiger partial charge in [0.05, 0.1) is 10.5 Å². The van der Waals surface area contributed by atoms with Gasteiger partial charge in [-0.15, -0.1) is 0 Å². The predicted octanol–water partition coefficient (Wildman–Crippen LogP) is 4.60. The van der Waals surface area contributed by atoms with E-state index in [2.05, 4.69) is 5.32 Å². The summed E-state index contributed by atoms with van der Waals surface area (Å²) in [5, 5.41) is 13.9. The third kappa shape index (κ3) is 3.86. The van der Waals surface area contributed by atoms with Crippen LogP contribution < -0.4 is 5.32 Å². The monoisotopic (exact) mass is 302 g/mol. The van der Waals surface area contributed by atoms with Crippen LogP contribution in [0.25, 0.3) is 0 Å². The average Bonchev–Trinajstić information content (AvgIpc) is 2.32. The second-order valence-electron chi connectivity index (χ2n) is 5.56. The lowest BCUT2D eigenvalue weighted by molar-refractivity contribution is -0.384. The van der Waals surface area contributed by atoms with Crippen molar-refractivity contribution in [2.24, 2.45) is 5.92 Å². The maximum atomic E-state index is 12.6. The van der Waals surface area contributed by atoms with Crippen LogP contribution in [0.3, 0.4) is 0 Å². The first kappa shape index (κ1) is 15.6. The Balaban J connectivity index is 2.15. The minimum Gasteiger partial charge on any atom is -0.377 e. The number of nitrogens with zero attached hydrogens (tertiary/aromatic N) is 1. The molecule has 0 saturated heterocycles. The molecule has 1 aliphatic rings. The summed E-state index contributed by atoms with van der Waals surface area (Å²) in [6, 6.07) is 2.58. The molecule has 4 nitrogen and oxygen atoms in total. The van der Waals surface area contributed by atoms with Gasteiger partial charge in [-0.25, -0.2) is 0 Å². The molecule has 0 radical (unpaired) electrons. The van der Waals surface area contributed by atoms with Crippen molar-refractivity contribution in [1.82, 2.24) is 0 Å². The van der Waals surface area contributed by atoms with Crippen LogP contribution in [0.5, 0.6) is 0 Å². The number of nitro benzene ring substituents is 1. The Kier molecular flexibility index (Phi) is 4.39. The fraction of sp³-hybridized carbons (Fsp3) is 0.571. The van der Waals surface area contributed by atoms with Gasteiger partial charge in [0.15, 0.2) is 0 Å². The van der Waals surface area contributed by atoms with Crippen LogP contribution >= 0.6 is 0 Å². The molecule has 0 heterocycles. The Morgan fingerprint density at radius 1 is 1.43 bits per heavy atom. The lowest BCUT2D eigenvalue weighted by Crippen LogP contribution is -2.23. The van der Waals surface area contributed by atoms with Crippen LogP contribution in [0, 0.1) is 16.0 Å². The summed E-state index contributed by atoms with van der Waals surface area (Å²) in [7, 11) is 0. The molecule has 0 amide bonds. The lowest BCUT2D eigenvalue weighted by Gasteiger charge is -2.28. The molecule has 116 valence electrons. The molecule has 2 rings (SSSR count). The quantitative estimate of drug-likeness (QED) is 0.638. The van der Waals surface area contributed by atoms with Crippen LogP contribution in [0.2, 0.25) is 0 Å². The fourth-order valence-electron chi connectivity index (χ4n) is 2.53. The van der Waals surface area contributed by atoms with E-state index in [-0.39, 0.29) is 11.7 Å². The van der Waals surface area contributed by atoms with Crippen molar-refractivity contribution in [2.45, 2.75) is 44.8 Å². The third-order valence-electron chi connectivity index (χ3n) is 3.84. The number of hydrogen-bond donors (Lipinski definition) is 1. The molecule has 0 bridgehead atoms. The van der Waals surface area contributed by atoms with Crippen molar-refractivity contribution in [2.75, 3.05) is 5.32 Å². The molecule has 1 saturated carbocycles. The Labute approximate surface area is 120 Å². The van der Waals surface area contributed by atoms with Gasteiger partial charge >= 0.3 is 6.18 Å². The highest BCUT2D eigenvalue weighted by atomic mass is 19.4. The standard InChI is InChI=1S/C14H17F3N2O2/c1-9(7-10-3-2-4-10)18-12-6-5-11(14(15,16)17)8-13(12)19(20)21/h5-6,8-10,18H,2-4,7H2,1H3. The van der Waals surface area contributed by atoms with Crippen molar-refractivity contribution in [3.8, 4) is 0 Å². The number of halogens is 3. The third-order valence-corrected chi connectivity index (χ3v) is 3.84. The normalized spacial score (nSPS) is 17.1. The molecule has 1 aromatic rings. The van der Waals surface area contributed by atoms with Gasteiger partial charge in [0.1, 0.15) is 5.69 Å². The molecule has 7 heteroatoms. The molecule has 0 aromatic heterocycles. The SMILES string of the molecule is CC(CC1CCC1)Nc1ccc(C(F)(F)F)cc1[N+](=O)[O-]. The van der Waals surface area contributed by atoms with E-state index in [4.69, 9.17) is 0 Å². The van der Waals surface area contributed by atoms with E-state index in [1.807, 2.05) is 6.92 Å². The number of nitro groups is 1. The molecule has 1 N–H and O–H groups in total. The Morgan fingerprint density at radius 2 is 2.10 bits per heavy atom. The molecule has 1 aromatic carbocycles. The summed E-state index contributed by atoms with van der Waals surface area (Å²) in [5.74, 6) is 0.612. The summed E-state index contributed by atoms with van der Waals surface area (Å²) in [5.41, 5.74) is -1.41. The van der Waals surface area contributed by atoms with Gasteiger partial charge in [0.25, 0.3) is 5.69 Å². The second kappa shape index (κ2) is 5.91. The van der Waals surface area contributed by atoms with Crippen LogP contribution in [0.15, 0.2) is 18.2 Å². The molecular formula is C14H17F3N2O2. The van der Waals surface area contributed by atoms with Crippen molar-refractivity contribution >= 4 is 11.4 Å². The van der Waals surface area contributed by atoms with E-state index in [0.717, 1.165) is 31.4 Å². The summed E-state index contributed by atoms with van der Waals surface area (Å²) in [4.78, 5) is 10.2. The Hall–Kier alpha value is -1.79. The number of hydrogen-bond acceptors (Lipinski definition) is 3. The van der Waals surface area contributed by atoms with Crippen molar-refractivity contribution < 1.29 is 18.1 Å². The zero-order chi connectivity index (χ0) is 15.6. The van der Waals surface area contributed by atoms with Gasteiger partial charge in [0, 0.05) is 12.1 Å². The topological polar surface area (TPSA) is 55.2 Å². The van der Waals surface area contributed by atoms with E-state index in [1.165, 1.54) is 6.42 Å². The van der Waals surface area contributed by atoms with Gasteiger partial charge in [0.2, 0.25) is 0 Å². The number of benzene rings is 1. The van der Waals surface area contributed by atoms with Gasteiger partial charge in [-0.05, 0) is 31.4 Å². The van der Waals surface area contributed by atoms with Crippen molar-refractivity contribution in [3.05, 3.63) is 33.9 Å². The molecular weight excluding hydrogens is 285 g/mol. The number of anilines is 1. The molecule has 1 aliphatic carbocycles. The highest BCUT2D eigenvalue weighted by Crippen LogP contribution is 2.36. The van der Waals surface area contributed by atoms with E-state index >= 15 is 0 Å². The first-order valence-corrected chi connectivity index (χ1v) is 6.89. The largest absolute Gasteiger partial charge is 0.416 e. The molecule has 21 heavy (non-hydrogen) atoms. The van der Waals surface area contributed by atoms with Crippen LogP contribution in [0.4, 0.5) is 24.5 Å². The number of alkyl halides is 3. The van der Waals surface area contributed by atoms with Crippen LogP contribution in [0.1, 0.15) is 38.2 Å². The molecule has 1 atom stereocenters. The van der Waals surface area contributed by atoms with E-state index in [9.17, 15) is 23.3 Å². The summed E-state index contributed by atoms with van der Waals surface area (Å²) in [6.07, 6.45) is -0.195. The predicted molar refractivity (Wildman–Crippen MR) is 73.1 cm³/mol. The Bertz CT molecular complexity index is 527. The smallest absolute Gasteiger partial charge is 0.377 e. The molecule has 1 fully saturated rings. The van der Waals surface area contributed by atoms with Gasteiger partial charge in [-0.1, -0.05) is 19.3 Å². The Morgan fingerprint density at radius 3 is 2.57 bits per heavy atom. The number of nitrogens with one attached hydrogen (secondary N) is 1. The lowest BCUT2D eigenvalue weighted by atomic mass is 9.81. The highest BCUT2D eigenvalue weighted by Gasteiger charge is 2.33. The molecule has 0 aliphatic heterocycles. The maximum absolute atomic E-state index is 12.6.